The average molecular weight is 122 g/mol. The molecule has 0 aromatic carbocycles. The zero-order valence-corrected chi connectivity index (χ0v) is 4.21. The molecule has 0 aliphatic carbocycles. The van der Waals surface area contributed by atoms with Gasteiger partial charge in [0.05, 0.1) is 5.16 Å². The molecule has 0 heterocycles. The molecule has 0 N–H and O–H groups in total. The molecule has 0 saturated carbocycles. The van der Waals surface area contributed by atoms with E-state index in [9.17, 15) is 4.79 Å². The second kappa shape index (κ2) is 2.97. The maximum Gasteiger partial charge on any atom is 0.348 e. The van der Waals surface area contributed by atoms with Gasteiger partial charge in [-0.15, -0.1) is 4.99 Å². The summed E-state index contributed by atoms with van der Waals surface area (Å²) in [7, 11) is 0. The van der Waals surface area contributed by atoms with Gasteiger partial charge < -0.3 is 0 Å². The smallest absolute Gasteiger partial charge is 0.252 e. The van der Waals surface area contributed by atoms with Crippen LogP contribution in [0.5, 0.6) is 0 Å². The number of isothiocyanates is 1. The minimum atomic E-state index is -0.829. The number of hydrogen-bond donors (Lipinski definition) is 0. The van der Waals surface area contributed by atoms with Gasteiger partial charge in [0.2, 0.25) is 0 Å². The van der Waals surface area contributed by atoms with E-state index in [0.29, 0.717) is 0 Å². The fraction of sp³-hybridized carbons (Fsp3) is 0. The van der Waals surface area contributed by atoms with Gasteiger partial charge in [0.1, 0.15) is 0 Å². The fourth-order valence-electron chi connectivity index (χ4n) is 0.0359. The molecule has 0 spiro atoms. The minimum Gasteiger partial charge on any atom is -0.252 e. The van der Waals surface area contributed by atoms with E-state index in [1.807, 2.05) is 0 Å². The zero-order chi connectivity index (χ0) is 4.99. The summed E-state index contributed by atoms with van der Waals surface area (Å²) in [6.45, 7) is 0. The van der Waals surface area contributed by atoms with E-state index in [4.69, 9.17) is 0 Å². The van der Waals surface area contributed by atoms with E-state index in [0.717, 1.165) is 0 Å². The van der Waals surface area contributed by atoms with Gasteiger partial charge in [0.15, 0.2) is 0 Å². The Morgan fingerprint density at radius 3 is 2.50 bits per heavy atom. The molecule has 0 aliphatic rings. The first kappa shape index (κ1) is 5.76. The van der Waals surface area contributed by atoms with Crippen LogP contribution in [0.15, 0.2) is 4.99 Å². The Hall–Kier alpha value is -0.240. The van der Waals surface area contributed by atoms with Gasteiger partial charge in [-0.1, -0.05) is 0 Å². The van der Waals surface area contributed by atoms with Gasteiger partial charge in [0, 0.05) is 0 Å². The van der Waals surface area contributed by atoms with Crippen molar-refractivity contribution >= 4 is 34.3 Å². The van der Waals surface area contributed by atoms with E-state index in [1.54, 1.807) is 5.16 Å². The summed E-state index contributed by atoms with van der Waals surface area (Å²) in [6.07, 6.45) is 0. The summed E-state index contributed by atoms with van der Waals surface area (Å²) in [6, 6.07) is 0. The normalized spacial score (nSPS) is 6.17. The lowest BCUT2D eigenvalue weighted by Crippen LogP contribution is -1.65. The molecule has 0 unspecified atom stereocenters. The lowest BCUT2D eigenvalue weighted by molar-refractivity contribution is 0.267. The lowest BCUT2D eigenvalue weighted by atomic mass is 11.3. The van der Waals surface area contributed by atoms with Crippen molar-refractivity contribution in [3.05, 3.63) is 0 Å². The van der Waals surface area contributed by atoms with Crippen molar-refractivity contribution in [3.8, 4) is 0 Å². The summed E-state index contributed by atoms with van der Waals surface area (Å²) < 4.78 is 0. The zero-order valence-electron chi connectivity index (χ0n) is 2.64. The highest BCUT2D eigenvalue weighted by Crippen LogP contribution is 1.79. The molecule has 0 saturated heterocycles. The molecule has 0 aromatic heterocycles. The molecule has 0 radical (unpaired) electrons. The maximum absolute atomic E-state index is 9.51. The standard InChI is InChI=1S/C2ClNOS/c3-2(5)4-1-6. The number of carbonyl (C=O) groups is 1. The number of hydrogen-bond acceptors (Lipinski definition) is 2. The largest absolute Gasteiger partial charge is 0.348 e. The molecule has 0 bridgehead atoms. The van der Waals surface area contributed by atoms with Crippen molar-refractivity contribution in [2.45, 2.75) is 0 Å². The molecule has 6 heavy (non-hydrogen) atoms. The highest BCUT2D eigenvalue weighted by Gasteiger charge is 1.79. The van der Waals surface area contributed by atoms with Crippen LogP contribution in [0.25, 0.3) is 0 Å². The van der Waals surface area contributed by atoms with Crippen molar-refractivity contribution in [2.75, 3.05) is 0 Å². The number of halogens is 1. The maximum atomic E-state index is 9.51. The minimum absolute atomic E-state index is 0.829. The molecule has 4 heteroatoms. The van der Waals surface area contributed by atoms with E-state index < -0.39 is 5.37 Å². The van der Waals surface area contributed by atoms with Gasteiger partial charge in [-0.3, -0.25) is 4.79 Å². The third-order valence-electron chi connectivity index (χ3n) is 0.134. The lowest BCUT2D eigenvalue weighted by Gasteiger charge is -1.59. The number of carbonyl (C=O) groups excluding carboxylic acids is 1. The van der Waals surface area contributed by atoms with E-state index in [1.165, 1.54) is 0 Å². The summed E-state index contributed by atoms with van der Waals surface area (Å²) in [5.74, 6) is 0. The van der Waals surface area contributed by atoms with Crippen LogP contribution in [0.2, 0.25) is 0 Å². The predicted molar refractivity (Wildman–Crippen MR) is 26.3 cm³/mol. The Balaban J connectivity index is 3.60. The monoisotopic (exact) mass is 121 g/mol. The van der Waals surface area contributed by atoms with Crippen molar-refractivity contribution in [2.24, 2.45) is 4.99 Å². The molecule has 2 nitrogen and oxygen atoms in total. The number of rotatable bonds is 0. The molecule has 0 aliphatic heterocycles. The van der Waals surface area contributed by atoms with Crippen LogP contribution in [0.4, 0.5) is 4.79 Å². The van der Waals surface area contributed by atoms with Crippen LogP contribution in [0.1, 0.15) is 0 Å². The SMILES string of the molecule is O=C(Cl)N=C=S. The summed E-state index contributed by atoms with van der Waals surface area (Å²) in [5.41, 5.74) is 0. The third kappa shape index (κ3) is 3.76. The Kier molecular flexibility index (Phi) is 2.85. The number of nitrogens with zero attached hydrogens (tertiary/aromatic N) is 1. The Morgan fingerprint density at radius 1 is 2.00 bits per heavy atom. The van der Waals surface area contributed by atoms with Crippen LogP contribution in [0.3, 0.4) is 0 Å². The van der Waals surface area contributed by atoms with Crippen LogP contribution >= 0.6 is 23.8 Å². The van der Waals surface area contributed by atoms with E-state index >= 15 is 0 Å². The van der Waals surface area contributed by atoms with Crippen LogP contribution in [-0.4, -0.2) is 10.5 Å². The fourth-order valence-corrected chi connectivity index (χ4v) is 0.211. The van der Waals surface area contributed by atoms with Crippen molar-refractivity contribution in [1.82, 2.24) is 0 Å². The van der Waals surface area contributed by atoms with Crippen LogP contribution < -0.4 is 0 Å². The number of aliphatic imine (C=N–C) groups is 1. The molecule has 0 aromatic rings. The summed E-state index contributed by atoms with van der Waals surface area (Å²) in [5, 5.41) is 0.965. The van der Waals surface area contributed by atoms with Gasteiger partial charge in [-0.2, -0.15) is 0 Å². The topological polar surface area (TPSA) is 29.4 Å². The van der Waals surface area contributed by atoms with Crippen molar-refractivity contribution in [3.63, 3.8) is 0 Å². The second-order valence-electron chi connectivity index (χ2n) is 0.456. The van der Waals surface area contributed by atoms with Gasteiger partial charge >= 0.3 is 5.37 Å². The average Bonchev–Trinajstić information content (AvgIpc) is 1.35. The van der Waals surface area contributed by atoms with Gasteiger partial charge in [-0.05, 0) is 23.8 Å². The first-order valence-corrected chi connectivity index (χ1v) is 1.83. The summed E-state index contributed by atoms with van der Waals surface area (Å²) in [4.78, 5) is 12.3. The summed E-state index contributed by atoms with van der Waals surface area (Å²) >= 11 is 8.65. The van der Waals surface area contributed by atoms with Crippen LogP contribution in [-0.2, 0) is 0 Å². The second-order valence-corrected chi connectivity index (χ2v) is 0.962. The number of thiocarbonyl (C=S) groups is 1. The molecular formula is C2ClNOS. The van der Waals surface area contributed by atoms with E-state index in [2.05, 4.69) is 28.8 Å². The van der Waals surface area contributed by atoms with Crippen LogP contribution in [0, 0.1) is 0 Å². The highest BCUT2D eigenvalue weighted by atomic mass is 35.5. The number of amides is 1. The van der Waals surface area contributed by atoms with Crippen molar-refractivity contribution < 1.29 is 4.79 Å². The molecule has 0 rings (SSSR count). The third-order valence-corrected chi connectivity index (χ3v) is 0.309. The predicted octanol–water partition coefficient (Wildman–Crippen LogP) is 1.45. The molecule has 32 valence electrons. The highest BCUT2D eigenvalue weighted by molar-refractivity contribution is 7.78. The Morgan fingerprint density at radius 2 is 2.50 bits per heavy atom. The molecule has 0 atom stereocenters. The quantitative estimate of drug-likeness (QED) is 0.210. The first-order chi connectivity index (χ1) is 2.77. The van der Waals surface area contributed by atoms with Gasteiger partial charge in [0.25, 0.3) is 0 Å². The Bertz CT molecular complexity index is 106. The van der Waals surface area contributed by atoms with E-state index in [-0.39, 0.29) is 0 Å². The Labute approximate surface area is 44.8 Å². The first-order valence-electron chi connectivity index (χ1n) is 1.04. The molecule has 1 amide bonds. The van der Waals surface area contributed by atoms with Crippen molar-refractivity contribution in [1.29, 1.82) is 0 Å². The molecule has 0 fully saturated rings. The van der Waals surface area contributed by atoms with Gasteiger partial charge in [-0.25, -0.2) is 0 Å². The molecular weight excluding hydrogens is 122 g/mol.